The predicted octanol–water partition coefficient (Wildman–Crippen LogP) is 4.21. The molecule has 0 radical (unpaired) electrons. The first-order valence-electron chi connectivity index (χ1n) is 8.94. The molecule has 160 valence electrons. The number of halogens is 5. The predicted molar refractivity (Wildman–Crippen MR) is 115 cm³/mol. The van der Waals surface area contributed by atoms with Gasteiger partial charge in [0.25, 0.3) is 0 Å². The molecule has 2 rings (SSSR count). The molecular weight excluding hydrogens is 509 g/mol. The highest BCUT2D eigenvalue weighted by atomic mass is 127. The van der Waals surface area contributed by atoms with Gasteiger partial charge in [0.1, 0.15) is 5.82 Å². The van der Waals surface area contributed by atoms with Gasteiger partial charge in [-0.3, -0.25) is 9.20 Å². The average Bonchev–Trinajstić information content (AvgIpc) is 2.64. The molecule has 1 aliphatic carbocycles. The van der Waals surface area contributed by atoms with Crippen molar-refractivity contribution in [3.8, 4) is 0 Å². The van der Waals surface area contributed by atoms with E-state index in [2.05, 4.69) is 15.6 Å². The van der Waals surface area contributed by atoms with Crippen LogP contribution in [0.3, 0.4) is 0 Å². The summed E-state index contributed by atoms with van der Waals surface area (Å²) < 4.78 is 64.5. The van der Waals surface area contributed by atoms with Crippen LogP contribution in [0.2, 0.25) is 0 Å². The summed E-state index contributed by atoms with van der Waals surface area (Å²) in [5, 5.41) is 6.20. The minimum absolute atomic E-state index is 0. The second-order valence-corrected chi connectivity index (χ2v) is 8.53. The molecule has 0 spiro atoms. The normalized spacial score (nSPS) is 21.6. The van der Waals surface area contributed by atoms with E-state index >= 15 is 0 Å². The minimum atomic E-state index is -4.63. The molecule has 2 N–H and O–H groups in total. The number of benzene rings is 1. The molecule has 1 aromatic carbocycles. The largest absolute Gasteiger partial charge is 0.416 e. The lowest BCUT2D eigenvalue weighted by molar-refractivity contribution is -0.138. The molecule has 4 nitrogen and oxygen atoms in total. The van der Waals surface area contributed by atoms with Crippen LogP contribution in [0.4, 0.5) is 17.6 Å². The summed E-state index contributed by atoms with van der Waals surface area (Å²) in [5.41, 5.74) is -1.05. The Morgan fingerprint density at radius 2 is 2.04 bits per heavy atom. The van der Waals surface area contributed by atoms with Crippen LogP contribution in [0.25, 0.3) is 0 Å². The van der Waals surface area contributed by atoms with Crippen molar-refractivity contribution in [2.24, 2.45) is 4.99 Å². The van der Waals surface area contributed by atoms with E-state index in [1.807, 2.05) is 6.92 Å². The summed E-state index contributed by atoms with van der Waals surface area (Å²) in [5.74, 6) is 0.0703. The van der Waals surface area contributed by atoms with E-state index in [1.165, 1.54) is 7.05 Å². The third-order valence-electron chi connectivity index (χ3n) is 4.67. The van der Waals surface area contributed by atoms with Crippen LogP contribution in [0.1, 0.15) is 43.7 Å². The molecule has 0 aromatic heterocycles. The van der Waals surface area contributed by atoms with Crippen LogP contribution in [-0.4, -0.2) is 34.3 Å². The standard InChI is InChI=1S/C18H25F4N3OS.HI/c1-3-27(26)15-6-4-5-14(10-15)25-17(23-2)24-11-12-7-8-13(19)9-16(12)18(20,21)22;/h7-9,14-15H,3-6,10-11H2,1-2H3,(H2,23,24,25);1H. The zero-order chi connectivity index (χ0) is 20.0. The fraction of sp³-hybridized carbons (Fsp3) is 0.611. The number of nitrogens with one attached hydrogen (secondary N) is 2. The topological polar surface area (TPSA) is 53.5 Å². The van der Waals surface area contributed by atoms with Crippen LogP contribution in [0, 0.1) is 5.82 Å². The number of nitrogens with zero attached hydrogens (tertiary/aromatic N) is 1. The maximum absolute atomic E-state index is 13.2. The highest BCUT2D eigenvalue weighted by Crippen LogP contribution is 2.32. The summed E-state index contributed by atoms with van der Waals surface area (Å²) >= 11 is 0. The van der Waals surface area contributed by atoms with E-state index < -0.39 is 28.4 Å². The van der Waals surface area contributed by atoms with Crippen molar-refractivity contribution in [3.05, 3.63) is 35.1 Å². The van der Waals surface area contributed by atoms with E-state index in [1.54, 1.807) is 0 Å². The zero-order valence-corrected chi connectivity index (χ0v) is 19.0. The lowest BCUT2D eigenvalue weighted by Gasteiger charge is -2.30. The summed E-state index contributed by atoms with van der Waals surface area (Å²) in [6, 6.07) is 2.70. The number of hydrogen-bond donors (Lipinski definition) is 2. The van der Waals surface area contributed by atoms with E-state index in [4.69, 9.17) is 0 Å². The van der Waals surface area contributed by atoms with Crippen LogP contribution in [0.15, 0.2) is 23.2 Å². The molecular formula is C18H26F4IN3OS. The van der Waals surface area contributed by atoms with Gasteiger partial charge in [0.15, 0.2) is 5.96 Å². The van der Waals surface area contributed by atoms with E-state index in [9.17, 15) is 21.8 Å². The van der Waals surface area contributed by atoms with Crippen LogP contribution < -0.4 is 10.6 Å². The molecule has 0 heterocycles. The monoisotopic (exact) mass is 535 g/mol. The van der Waals surface area contributed by atoms with Crippen LogP contribution >= 0.6 is 24.0 Å². The molecule has 0 amide bonds. The van der Waals surface area contributed by atoms with Gasteiger partial charge in [-0.2, -0.15) is 13.2 Å². The van der Waals surface area contributed by atoms with Crippen LogP contribution in [-0.2, 0) is 23.5 Å². The zero-order valence-electron chi connectivity index (χ0n) is 15.8. The first-order valence-corrected chi connectivity index (χ1v) is 10.3. The highest BCUT2D eigenvalue weighted by Gasteiger charge is 2.33. The minimum Gasteiger partial charge on any atom is -0.354 e. The molecule has 3 unspecified atom stereocenters. The molecule has 1 saturated carbocycles. The van der Waals surface area contributed by atoms with E-state index in [0.717, 1.165) is 37.8 Å². The second-order valence-electron chi connectivity index (χ2n) is 6.52. The van der Waals surface area contributed by atoms with Crippen molar-refractivity contribution < 1.29 is 21.8 Å². The van der Waals surface area contributed by atoms with Crippen molar-refractivity contribution in [1.29, 1.82) is 0 Å². The number of aliphatic imine (C=N–C) groups is 1. The first kappa shape index (κ1) is 25.1. The second kappa shape index (κ2) is 11.3. The summed E-state index contributed by atoms with van der Waals surface area (Å²) in [6.07, 6.45) is -1.12. The first-order chi connectivity index (χ1) is 12.7. The van der Waals surface area contributed by atoms with Crippen molar-refractivity contribution in [2.75, 3.05) is 12.8 Å². The van der Waals surface area contributed by atoms with Gasteiger partial charge in [0, 0.05) is 41.4 Å². The van der Waals surface area contributed by atoms with Gasteiger partial charge >= 0.3 is 6.18 Å². The Morgan fingerprint density at radius 1 is 1.32 bits per heavy atom. The third kappa shape index (κ3) is 7.16. The molecule has 1 fully saturated rings. The molecule has 0 aliphatic heterocycles. The van der Waals surface area contributed by atoms with Gasteiger partial charge in [-0.1, -0.05) is 19.4 Å². The molecule has 3 atom stereocenters. The Hall–Kier alpha value is -0.910. The maximum Gasteiger partial charge on any atom is 0.416 e. The van der Waals surface area contributed by atoms with Crippen LogP contribution in [0.5, 0.6) is 0 Å². The van der Waals surface area contributed by atoms with Gasteiger partial charge in [-0.15, -0.1) is 24.0 Å². The van der Waals surface area contributed by atoms with Gasteiger partial charge in [-0.05, 0) is 37.0 Å². The molecule has 0 saturated heterocycles. The van der Waals surface area contributed by atoms with Crippen molar-refractivity contribution >= 4 is 40.7 Å². The number of alkyl halides is 3. The van der Waals surface area contributed by atoms with Gasteiger partial charge in [0.2, 0.25) is 0 Å². The number of guanidine groups is 1. The fourth-order valence-electron chi connectivity index (χ4n) is 3.28. The van der Waals surface area contributed by atoms with E-state index in [0.29, 0.717) is 17.8 Å². The maximum atomic E-state index is 13.2. The van der Waals surface area contributed by atoms with Gasteiger partial charge in [0.05, 0.1) is 5.56 Å². The lowest BCUT2D eigenvalue weighted by atomic mass is 9.95. The Labute approximate surface area is 182 Å². The lowest BCUT2D eigenvalue weighted by Crippen LogP contribution is -2.46. The van der Waals surface area contributed by atoms with Gasteiger partial charge < -0.3 is 10.6 Å². The number of rotatable bonds is 5. The molecule has 10 heteroatoms. The number of hydrogen-bond acceptors (Lipinski definition) is 2. The fourth-order valence-corrected chi connectivity index (χ4v) is 4.63. The van der Waals surface area contributed by atoms with Crippen molar-refractivity contribution in [2.45, 2.75) is 56.6 Å². The molecule has 1 aromatic rings. The Morgan fingerprint density at radius 3 is 2.64 bits per heavy atom. The molecule has 0 bridgehead atoms. The summed E-state index contributed by atoms with van der Waals surface area (Å²) in [7, 11) is 0.676. The highest BCUT2D eigenvalue weighted by molar-refractivity contribution is 14.0. The van der Waals surface area contributed by atoms with Gasteiger partial charge in [-0.25, -0.2) is 4.39 Å². The smallest absolute Gasteiger partial charge is 0.354 e. The SMILES string of the molecule is CCS(=O)C1CCCC(NC(=NC)NCc2ccc(F)cc2C(F)(F)F)C1.I. The van der Waals surface area contributed by atoms with E-state index in [-0.39, 0.29) is 47.4 Å². The third-order valence-corrected chi connectivity index (χ3v) is 6.41. The Kier molecular flexibility index (Phi) is 10.2. The Balaban J connectivity index is 0.00000392. The quantitative estimate of drug-likeness (QED) is 0.257. The summed E-state index contributed by atoms with van der Waals surface area (Å²) in [6.45, 7) is 1.76. The molecule has 28 heavy (non-hydrogen) atoms. The molecule has 1 aliphatic rings. The summed E-state index contributed by atoms with van der Waals surface area (Å²) in [4.78, 5) is 4.06. The average molecular weight is 535 g/mol. The van der Waals surface area contributed by atoms with Crippen molar-refractivity contribution in [3.63, 3.8) is 0 Å². The Bertz CT molecular complexity index is 700. The van der Waals surface area contributed by atoms with Crippen molar-refractivity contribution in [1.82, 2.24) is 10.6 Å².